The summed E-state index contributed by atoms with van der Waals surface area (Å²) in [4.78, 5) is 39.8. The molecule has 0 aliphatic rings. The van der Waals surface area contributed by atoms with Gasteiger partial charge in [-0.15, -0.1) is 0 Å². The SMILES string of the molecule is CCCCC/C=C\C/C=C\CCCCCCCCC(CCCOC(=O)CCSSCCC(=O)OCC(OCCCCCCC)OCCCCCCC)OC(=O)OCCCN(CC)CC. The van der Waals surface area contributed by atoms with Crippen molar-refractivity contribution in [3.05, 3.63) is 24.3 Å². The Kier molecular flexibility index (Phi) is 49.3. The zero-order valence-corrected chi connectivity index (χ0v) is 43.4. The van der Waals surface area contributed by atoms with Crippen molar-refractivity contribution >= 4 is 39.7 Å². The van der Waals surface area contributed by atoms with Gasteiger partial charge in [0.1, 0.15) is 12.7 Å². The van der Waals surface area contributed by atoms with Gasteiger partial charge >= 0.3 is 18.1 Å². The second kappa shape index (κ2) is 50.7. The van der Waals surface area contributed by atoms with E-state index in [0.717, 1.165) is 83.8 Å². The molecule has 0 aromatic carbocycles. The molecule has 0 aliphatic heterocycles. The number of unbranched alkanes of at least 4 members (excludes halogenated alkanes) is 17. The lowest BCUT2D eigenvalue weighted by atomic mass is 10.0. The lowest BCUT2D eigenvalue weighted by molar-refractivity contribution is -0.183. The van der Waals surface area contributed by atoms with E-state index >= 15 is 0 Å². The summed E-state index contributed by atoms with van der Waals surface area (Å²) >= 11 is 0. The predicted octanol–water partition coefficient (Wildman–Crippen LogP) is 14.8. The van der Waals surface area contributed by atoms with Crippen LogP contribution in [0.3, 0.4) is 0 Å². The van der Waals surface area contributed by atoms with E-state index in [9.17, 15) is 14.4 Å². The van der Waals surface area contributed by atoms with Crippen LogP contribution in [0.15, 0.2) is 24.3 Å². The Morgan fingerprint density at radius 2 is 0.984 bits per heavy atom. The molecule has 0 aromatic heterocycles. The van der Waals surface area contributed by atoms with Gasteiger partial charge in [-0.1, -0.05) is 170 Å². The number of esters is 2. The van der Waals surface area contributed by atoms with Gasteiger partial charge in [0.2, 0.25) is 0 Å². The van der Waals surface area contributed by atoms with Gasteiger partial charge in [-0.2, -0.15) is 0 Å². The summed E-state index contributed by atoms with van der Waals surface area (Å²) < 4.78 is 34.1. The minimum atomic E-state index is -0.608. The average molecular weight is 944 g/mol. The third kappa shape index (κ3) is 45.4. The first kappa shape index (κ1) is 62.3. The molecule has 0 rings (SSSR count). The Morgan fingerprint density at radius 3 is 1.58 bits per heavy atom. The van der Waals surface area contributed by atoms with Crippen LogP contribution in [0.1, 0.15) is 214 Å². The number of ether oxygens (including phenoxy) is 6. The van der Waals surface area contributed by atoms with Crippen molar-refractivity contribution in [3.63, 3.8) is 0 Å². The maximum Gasteiger partial charge on any atom is 0.508 e. The molecule has 0 N–H and O–H groups in total. The van der Waals surface area contributed by atoms with Crippen molar-refractivity contribution in [1.29, 1.82) is 0 Å². The topological polar surface area (TPSA) is 110 Å². The zero-order chi connectivity index (χ0) is 46.8. The van der Waals surface area contributed by atoms with Crippen molar-refractivity contribution < 1.29 is 42.8 Å². The third-order valence-corrected chi connectivity index (χ3v) is 13.4. The quantitative estimate of drug-likeness (QED) is 0.0145. The van der Waals surface area contributed by atoms with Crippen LogP contribution in [0.4, 0.5) is 4.79 Å². The summed E-state index contributed by atoms with van der Waals surface area (Å²) in [5, 5.41) is 0. The van der Waals surface area contributed by atoms with Gasteiger partial charge in [0.05, 0.1) is 26.1 Å². The van der Waals surface area contributed by atoms with Crippen molar-refractivity contribution in [2.45, 2.75) is 227 Å². The van der Waals surface area contributed by atoms with E-state index in [0.29, 0.717) is 50.6 Å². The molecular formula is C52H97NO9S2. The number of rotatable bonds is 49. The highest BCUT2D eigenvalue weighted by molar-refractivity contribution is 8.76. The van der Waals surface area contributed by atoms with E-state index < -0.39 is 12.4 Å². The van der Waals surface area contributed by atoms with Crippen molar-refractivity contribution in [1.82, 2.24) is 4.90 Å². The van der Waals surface area contributed by atoms with E-state index in [4.69, 9.17) is 28.4 Å². The molecule has 0 saturated carbocycles. The van der Waals surface area contributed by atoms with Crippen LogP contribution in [0.25, 0.3) is 0 Å². The van der Waals surface area contributed by atoms with E-state index in [-0.39, 0.29) is 37.7 Å². The van der Waals surface area contributed by atoms with E-state index in [1.54, 1.807) is 21.6 Å². The molecule has 0 radical (unpaired) electrons. The fourth-order valence-corrected chi connectivity index (χ4v) is 8.87. The summed E-state index contributed by atoms with van der Waals surface area (Å²) in [5.41, 5.74) is 0. The van der Waals surface area contributed by atoms with Crippen LogP contribution in [0.2, 0.25) is 0 Å². The molecule has 0 aliphatic carbocycles. The third-order valence-electron chi connectivity index (χ3n) is 11.0. The monoisotopic (exact) mass is 944 g/mol. The summed E-state index contributed by atoms with van der Waals surface area (Å²) in [6.45, 7) is 15.7. The van der Waals surface area contributed by atoms with E-state index in [2.05, 4.69) is 63.8 Å². The van der Waals surface area contributed by atoms with Crippen molar-refractivity contribution in [2.75, 3.05) is 64.2 Å². The minimum absolute atomic E-state index is 0.108. The molecular weight excluding hydrogens is 847 g/mol. The Balaban J connectivity index is 4.42. The van der Waals surface area contributed by atoms with Crippen molar-refractivity contribution in [2.24, 2.45) is 0 Å². The fraction of sp³-hybridized carbons (Fsp3) is 0.865. The number of carbonyl (C=O) groups excluding carboxylic acids is 3. The van der Waals surface area contributed by atoms with Crippen molar-refractivity contribution in [3.8, 4) is 0 Å². The zero-order valence-electron chi connectivity index (χ0n) is 41.8. The number of carbonyl (C=O) groups is 3. The van der Waals surface area contributed by atoms with Crippen LogP contribution in [-0.2, 0) is 38.0 Å². The number of allylic oxidation sites excluding steroid dienone is 4. The molecule has 1 unspecified atom stereocenters. The number of hydrogen-bond acceptors (Lipinski definition) is 12. The van der Waals surface area contributed by atoms with E-state index in [1.807, 2.05) is 0 Å². The van der Waals surface area contributed by atoms with Gasteiger partial charge in [-0.05, 0) is 90.1 Å². The number of hydrogen-bond donors (Lipinski definition) is 0. The Labute approximate surface area is 401 Å². The molecule has 0 amide bonds. The highest BCUT2D eigenvalue weighted by Crippen LogP contribution is 2.23. The number of nitrogens with zero attached hydrogens (tertiary/aromatic N) is 1. The van der Waals surface area contributed by atoms with Crippen LogP contribution < -0.4 is 0 Å². The van der Waals surface area contributed by atoms with Gasteiger partial charge in [-0.25, -0.2) is 4.79 Å². The second-order valence-electron chi connectivity index (χ2n) is 16.8. The second-order valence-corrected chi connectivity index (χ2v) is 19.5. The molecule has 0 bridgehead atoms. The maximum absolute atomic E-state index is 12.6. The van der Waals surface area contributed by atoms with Gasteiger partial charge in [-0.3, -0.25) is 9.59 Å². The minimum Gasteiger partial charge on any atom is -0.466 e. The summed E-state index contributed by atoms with van der Waals surface area (Å²) in [5.74, 6) is 0.671. The summed E-state index contributed by atoms with van der Waals surface area (Å²) in [6.07, 6.45) is 36.9. The molecule has 1 atom stereocenters. The van der Waals surface area contributed by atoms with Gasteiger partial charge in [0, 0.05) is 31.3 Å². The normalized spacial score (nSPS) is 12.2. The average Bonchev–Trinajstić information content (AvgIpc) is 3.29. The molecule has 0 heterocycles. The standard InChI is InChI=1S/C52H97NO9S2/c1-6-11-14-17-18-19-20-21-22-23-24-25-26-27-28-31-36-48(62-52(56)60-44-35-40-53(9-4)10-5)37-34-43-57-49(54)38-45-63-64-46-39-50(55)61-47-51(58-41-32-29-15-12-7-2)59-42-33-30-16-13-8-3/h18-19,21-22,48,51H,6-17,20,23-47H2,1-5H3/b19-18-,22-21-. The molecule has 10 nitrogen and oxygen atoms in total. The molecule has 0 fully saturated rings. The Bertz CT molecular complexity index is 1080. The van der Waals surface area contributed by atoms with Gasteiger partial charge in [0.25, 0.3) is 0 Å². The molecule has 0 aromatic rings. The largest absolute Gasteiger partial charge is 0.508 e. The van der Waals surface area contributed by atoms with E-state index in [1.165, 1.54) is 89.9 Å². The smallest absolute Gasteiger partial charge is 0.466 e. The van der Waals surface area contributed by atoms with Crippen LogP contribution in [0, 0.1) is 0 Å². The fourth-order valence-electron chi connectivity index (χ4n) is 6.93. The van der Waals surface area contributed by atoms with Gasteiger partial charge < -0.3 is 33.3 Å². The molecule has 0 saturated heterocycles. The highest BCUT2D eigenvalue weighted by Gasteiger charge is 2.17. The van der Waals surface area contributed by atoms with Crippen LogP contribution in [-0.4, -0.2) is 99.6 Å². The molecule has 12 heteroatoms. The molecule has 0 spiro atoms. The van der Waals surface area contributed by atoms with Crippen LogP contribution >= 0.6 is 21.6 Å². The first-order valence-electron chi connectivity index (χ1n) is 26.0. The predicted molar refractivity (Wildman–Crippen MR) is 271 cm³/mol. The lowest BCUT2D eigenvalue weighted by Crippen LogP contribution is -2.26. The lowest BCUT2D eigenvalue weighted by Gasteiger charge is -2.19. The summed E-state index contributed by atoms with van der Waals surface area (Å²) in [6, 6.07) is 0. The Hall–Kier alpha value is -1.73. The highest BCUT2D eigenvalue weighted by atomic mass is 33.1. The molecule has 64 heavy (non-hydrogen) atoms. The first-order valence-corrected chi connectivity index (χ1v) is 28.5. The van der Waals surface area contributed by atoms with Crippen LogP contribution in [0.5, 0.6) is 0 Å². The Morgan fingerprint density at radius 1 is 0.500 bits per heavy atom. The maximum atomic E-state index is 12.6. The molecule has 376 valence electrons. The van der Waals surface area contributed by atoms with Gasteiger partial charge in [0.15, 0.2) is 6.29 Å². The first-order chi connectivity index (χ1) is 31.4. The summed E-state index contributed by atoms with van der Waals surface area (Å²) in [7, 11) is 3.10.